The first-order valence-corrected chi connectivity index (χ1v) is 4.86. The minimum Gasteiger partial charge on any atom is -0.480 e. The molecule has 0 aromatic heterocycles. The molecule has 88 valence electrons. The highest BCUT2D eigenvalue weighted by Gasteiger charge is 2.35. The lowest BCUT2D eigenvalue weighted by Gasteiger charge is -2.15. The van der Waals surface area contributed by atoms with E-state index in [4.69, 9.17) is 9.84 Å². The number of fused-ring (bicyclic) bond motifs is 1. The van der Waals surface area contributed by atoms with Crippen molar-refractivity contribution in [1.29, 1.82) is 0 Å². The minimum atomic E-state index is -1.13. The van der Waals surface area contributed by atoms with Gasteiger partial charge in [-0.2, -0.15) is 0 Å². The summed E-state index contributed by atoms with van der Waals surface area (Å²) >= 11 is 0. The molecule has 0 saturated heterocycles. The van der Waals surface area contributed by atoms with Crippen molar-refractivity contribution in [3.63, 3.8) is 0 Å². The van der Waals surface area contributed by atoms with Crippen LogP contribution in [0.25, 0.3) is 0 Å². The number of rotatable bonds is 4. The Balaban J connectivity index is 2.16. The van der Waals surface area contributed by atoms with Gasteiger partial charge in [0.2, 0.25) is 0 Å². The second-order valence-electron chi connectivity index (χ2n) is 3.45. The Kier molecular flexibility index (Phi) is 2.88. The topological polar surface area (TPSA) is 83.9 Å². The van der Waals surface area contributed by atoms with E-state index in [0.29, 0.717) is 11.3 Å². The third kappa shape index (κ3) is 2.02. The standard InChI is InChI=1S/C11H9NO5/c13-9(14)5-17-6-12-8-4-2-1-3-7(8)10(15)11(12)16/h1-4H,5-6H2,(H,13,14). The number of ether oxygens (including phenoxy) is 1. The van der Waals surface area contributed by atoms with Crippen molar-refractivity contribution in [2.75, 3.05) is 18.2 Å². The molecule has 0 fully saturated rings. The molecule has 1 heterocycles. The molecular weight excluding hydrogens is 226 g/mol. The van der Waals surface area contributed by atoms with E-state index in [2.05, 4.69) is 0 Å². The maximum atomic E-state index is 11.6. The van der Waals surface area contributed by atoms with E-state index >= 15 is 0 Å². The lowest BCUT2D eigenvalue weighted by atomic mass is 10.1. The Morgan fingerprint density at radius 1 is 1.29 bits per heavy atom. The van der Waals surface area contributed by atoms with Crippen LogP contribution >= 0.6 is 0 Å². The van der Waals surface area contributed by atoms with Gasteiger partial charge < -0.3 is 9.84 Å². The highest BCUT2D eigenvalue weighted by Crippen LogP contribution is 2.27. The fourth-order valence-electron chi connectivity index (χ4n) is 1.60. The molecule has 1 aliphatic rings. The normalized spacial score (nSPS) is 14.0. The zero-order chi connectivity index (χ0) is 12.4. The molecule has 1 aromatic rings. The summed E-state index contributed by atoms with van der Waals surface area (Å²) in [5, 5.41) is 8.41. The summed E-state index contributed by atoms with van der Waals surface area (Å²) < 4.78 is 4.81. The molecule has 1 amide bonds. The number of para-hydroxylation sites is 1. The van der Waals surface area contributed by atoms with Gasteiger partial charge in [-0.3, -0.25) is 14.5 Å². The first kappa shape index (κ1) is 11.3. The molecule has 6 nitrogen and oxygen atoms in total. The summed E-state index contributed by atoms with van der Waals surface area (Å²) in [5.41, 5.74) is 0.768. The van der Waals surface area contributed by atoms with E-state index in [1.807, 2.05) is 0 Å². The van der Waals surface area contributed by atoms with Crippen molar-refractivity contribution in [3.8, 4) is 0 Å². The Hall–Kier alpha value is -2.21. The van der Waals surface area contributed by atoms with Crippen molar-refractivity contribution >= 4 is 23.3 Å². The van der Waals surface area contributed by atoms with Gasteiger partial charge >= 0.3 is 11.9 Å². The van der Waals surface area contributed by atoms with Crippen LogP contribution in [0.2, 0.25) is 0 Å². The lowest BCUT2D eigenvalue weighted by Crippen LogP contribution is -2.32. The fourth-order valence-corrected chi connectivity index (χ4v) is 1.60. The number of ketones is 1. The van der Waals surface area contributed by atoms with Gasteiger partial charge in [0.05, 0.1) is 11.3 Å². The number of carbonyl (C=O) groups is 3. The van der Waals surface area contributed by atoms with E-state index in [1.54, 1.807) is 24.3 Å². The predicted molar refractivity (Wildman–Crippen MR) is 56.7 cm³/mol. The molecule has 0 atom stereocenters. The number of carboxylic acids is 1. The highest BCUT2D eigenvalue weighted by molar-refractivity contribution is 6.52. The molecule has 17 heavy (non-hydrogen) atoms. The van der Waals surface area contributed by atoms with Crippen LogP contribution in [0.3, 0.4) is 0 Å². The van der Waals surface area contributed by atoms with Gasteiger partial charge in [-0.15, -0.1) is 0 Å². The summed E-state index contributed by atoms with van der Waals surface area (Å²) in [6.45, 7) is -0.756. The molecule has 2 rings (SSSR count). The molecule has 0 bridgehead atoms. The second kappa shape index (κ2) is 4.34. The van der Waals surface area contributed by atoms with Gasteiger partial charge in [-0.1, -0.05) is 12.1 Å². The van der Waals surface area contributed by atoms with Crippen LogP contribution in [-0.2, 0) is 14.3 Å². The van der Waals surface area contributed by atoms with Crippen LogP contribution < -0.4 is 4.90 Å². The third-order valence-corrected chi connectivity index (χ3v) is 2.32. The fraction of sp³-hybridized carbons (Fsp3) is 0.182. The predicted octanol–water partition coefficient (Wildman–Crippen LogP) is 0.275. The van der Waals surface area contributed by atoms with Gasteiger partial charge in [0.15, 0.2) is 0 Å². The molecule has 0 spiro atoms. The Labute approximate surface area is 96.4 Å². The van der Waals surface area contributed by atoms with Crippen LogP contribution in [-0.4, -0.2) is 36.1 Å². The Morgan fingerprint density at radius 2 is 2.00 bits per heavy atom. The molecule has 1 aromatic carbocycles. The maximum absolute atomic E-state index is 11.6. The van der Waals surface area contributed by atoms with Crippen molar-refractivity contribution in [2.24, 2.45) is 0 Å². The number of hydrogen-bond acceptors (Lipinski definition) is 4. The second-order valence-corrected chi connectivity index (χ2v) is 3.45. The average Bonchev–Trinajstić information content (AvgIpc) is 2.54. The van der Waals surface area contributed by atoms with Gasteiger partial charge in [0.1, 0.15) is 13.3 Å². The Bertz CT molecular complexity index is 496. The number of Topliss-reactive ketones (excluding diaryl/α,β-unsaturated/α-hetero) is 1. The van der Waals surface area contributed by atoms with E-state index in [9.17, 15) is 14.4 Å². The minimum absolute atomic E-state index is 0.242. The third-order valence-electron chi connectivity index (χ3n) is 2.32. The number of benzene rings is 1. The first-order chi connectivity index (χ1) is 8.11. The largest absolute Gasteiger partial charge is 0.480 e. The number of hydrogen-bond donors (Lipinski definition) is 1. The van der Waals surface area contributed by atoms with Crippen LogP contribution in [0, 0.1) is 0 Å². The molecule has 6 heteroatoms. The van der Waals surface area contributed by atoms with E-state index in [0.717, 1.165) is 4.90 Å². The van der Waals surface area contributed by atoms with Gasteiger partial charge in [-0.25, -0.2) is 4.79 Å². The molecule has 1 N–H and O–H groups in total. The SMILES string of the molecule is O=C(O)COCN1C(=O)C(=O)c2ccccc21. The van der Waals surface area contributed by atoms with Crippen LogP contribution in [0.4, 0.5) is 5.69 Å². The number of anilines is 1. The first-order valence-electron chi connectivity index (χ1n) is 4.86. The van der Waals surface area contributed by atoms with Crippen LogP contribution in [0.5, 0.6) is 0 Å². The maximum Gasteiger partial charge on any atom is 0.329 e. The molecule has 0 unspecified atom stereocenters. The number of aliphatic carboxylic acids is 1. The van der Waals surface area contributed by atoms with E-state index in [1.165, 1.54) is 0 Å². The summed E-state index contributed by atoms with van der Waals surface area (Å²) in [7, 11) is 0. The van der Waals surface area contributed by atoms with Crippen molar-refractivity contribution in [3.05, 3.63) is 29.8 Å². The van der Waals surface area contributed by atoms with Crippen molar-refractivity contribution < 1.29 is 24.2 Å². The summed E-state index contributed by atoms with van der Waals surface area (Å²) in [6, 6.07) is 6.51. The average molecular weight is 235 g/mol. The number of nitrogens with zero attached hydrogens (tertiary/aromatic N) is 1. The van der Waals surface area contributed by atoms with Gasteiger partial charge in [-0.05, 0) is 12.1 Å². The van der Waals surface area contributed by atoms with E-state index < -0.39 is 24.3 Å². The molecule has 1 aliphatic heterocycles. The quantitative estimate of drug-likeness (QED) is 0.757. The molecule has 0 radical (unpaired) electrons. The van der Waals surface area contributed by atoms with Crippen molar-refractivity contribution in [1.82, 2.24) is 0 Å². The summed E-state index contributed by atoms with van der Waals surface area (Å²) in [6.07, 6.45) is 0. The molecular formula is C11H9NO5. The van der Waals surface area contributed by atoms with E-state index in [-0.39, 0.29) is 6.73 Å². The molecule has 0 saturated carbocycles. The van der Waals surface area contributed by atoms with Gasteiger partial charge in [0.25, 0.3) is 5.78 Å². The Morgan fingerprint density at radius 3 is 2.71 bits per heavy atom. The van der Waals surface area contributed by atoms with Gasteiger partial charge in [0, 0.05) is 0 Å². The van der Waals surface area contributed by atoms with Crippen LogP contribution in [0.15, 0.2) is 24.3 Å². The smallest absolute Gasteiger partial charge is 0.329 e. The lowest BCUT2D eigenvalue weighted by molar-refractivity contribution is -0.142. The van der Waals surface area contributed by atoms with Crippen molar-refractivity contribution in [2.45, 2.75) is 0 Å². The monoisotopic (exact) mass is 235 g/mol. The zero-order valence-corrected chi connectivity index (χ0v) is 8.75. The number of carboxylic acid groups (broad SMARTS) is 1. The number of amides is 1. The highest BCUT2D eigenvalue weighted by atomic mass is 16.5. The summed E-state index contributed by atoms with van der Waals surface area (Å²) in [5.74, 6) is -2.42. The summed E-state index contributed by atoms with van der Waals surface area (Å²) in [4.78, 5) is 34.5. The van der Waals surface area contributed by atoms with Crippen LogP contribution in [0.1, 0.15) is 10.4 Å². The molecule has 0 aliphatic carbocycles. The number of carbonyl (C=O) groups excluding carboxylic acids is 2. The zero-order valence-electron chi connectivity index (χ0n) is 8.75.